The van der Waals surface area contributed by atoms with Gasteiger partial charge in [-0.25, -0.2) is 0 Å². The molecule has 0 aliphatic carbocycles. The Hall–Kier alpha value is -0.610. The Morgan fingerprint density at radius 1 is 1.47 bits per heavy atom. The second kappa shape index (κ2) is 4.94. The lowest BCUT2D eigenvalue weighted by molar-refractivity contribution is -0.126. The van der Waals surface area contributed by atoms with Crippen molar-refractivity contribution in [1.29, 1.82) is 0 Å². The predicted molar refractivity (Wildman–Crippen MR) is 57.6 cm³/mol. The van der Waals surface area contributed by atoms with E-state index >= 15 is 0 Å². The molecule has 1 amide bonds. The van der Waals surface area contributed by atoms with E-state index in [1.807, 2.05) is 0 Å². The summed E-state index contributed by atoms with van der Waals surface area (Å²) in [5.74, 6) is 0.417. The average Bonchev–Trinajstić information content (AvgIpc) is 2.70. The lowest BCUT2D eigenvalue weighted by Gasteiger charge is -2.27. The van der Waals surface area contributed by atoms with E-state index in [9.17, 15) is 4.79 Å². The van der Waals surface area contributed by atoms with Crippen molar-refractivity contribution in [2.75, 3.05) is 19.8 Å². The highest BCUT2D eigenvalue weighted by Crippen LogP contribution is 2.17. The second-order valence-electron chi connectivity index (χ2n) is 4.65. The number of rotatable bonds is 2. The van der Waals surface area contributed by atoms with Gasteiger partial charge in [0.25, 0.3) is 0 Å². The summed E-state index contributed by atoms with van der Waals surface area (Å²) in [4.78, 5) is 11.9. The largest absolute Gasteiger partial charge is 0.379 e. The van der Waals surface area contributed by atoms with Crippen LogP contribution < -0.4 is 10.6 Å². The van der Waals surface area contributed by atoms with E-state index in [0.717, 1.165) is 32.4 Å². The molecule has 4 heteroatoms. The Morgan fingerprint density at radius 2 is 2.33 bits per heavy atom. The minimum absolute atomic E-state index is 0.196. The van der Waals surface area contributed by atoms with E-state index in [2.05, 4.69) is 17.6 Å². The summed E-state index contributed by atoms with van der Waals surface area (Å²) in [5.41, 5.74) is 0. The van der Waals surface area contributed by atoms with Gasteiger partial charge in [0.1, 0.15) is 0 Å². The number of amides is 1. The fourth-order valence-electron chi connectivity index (χ4n) is 2.34. The minimum Gasteiger partial charge on any atom is -0.379 e. The molecular formula is C11H20N2O2. The Balaban J connectivity index is 1.78. The van der Waals surface area contributed by atoms with Crippen molar-refractivity contribution in [2.24, 2.45) is 5.92 Å². The molecule has 2 rings (SSSR count). The van der Waals surface area contributed by atoms with Gasteiger partial charge in [-0.2, -0.15) is 0 Å². The van der Waals surface area contributed by atoms with E-state index in [4.69, 9.17) is 4.74 Å². The first-order valence-electron chi connectivity index (χ1n) is 5.87. The van der Waals surface area contributed by atoms with Crippen molar-refractivity contribution in [2.45, 2.75) is 38.3 Å². The summed E-state index contributed by atoms with van der Waals surface area (Å²) in [6, 6.07) is 0.719. The Kier molecular flexibility index (Phi) is 3.59. The van der Waals surface area contributed by atoms with Gasteiger partial charge < -0.3 is 15.4 Å². The zero-order valence-electron chi connectivity index (χ0n) is 9.29. The van der Waals surface area contributed by atoms with E-state index < -0.39 is 0 Å². The lowest BCUT2D eigenvalue weighted by Crippen LogP contribution is -2.45. The van der Waals surface area contributed by atoms with Crippen LogP contribution in [0.25, 0.3) is 0 Å². The van der Waals surface area contributed by atoms with Crippen molar-refractivity contribution in [3.8, 4) is 0 Å². The van der Waals surface area contributed by atoms with E-state index in [0.29, 0.717) is 12.6 Å². The zero-order valence-corrected chi connectivity index (χ0v) is 9.29. The lowest BCUT2D eigenvalue weighted by atomic mass is 9.92. The first kappa shape index (κ1) is 10.9. The van der Waals surface area contributed by atoms with Crippen LogP contribution in [0.15, 0.2) is 0 Å². The van der Waals surface area contributed by atoms with Gasteiger partial charge in [-0.3, -0.25) is 4.79 Å². The van der Waals surface area contributed by atoms with Crippen LogP contribution >= 0.6 is 0 Å². The molecule has 86 valence electrons. The van der Waals surface area contributed by atoms with Crippen LogP contribution in [0.4, 0.5) is 0 Å². The normalized spacial score (nSPS) is 36.5. The molecule has 2 aliphatic heterocycles. The average molecular weight is 212 g/mol. The highest BCUT2D eigenvalue weighted by molar-refractivity contribution is 5.79. The molecule has 4 nitrogen and oxygen atoms in total. The molecule has 1 unspecified atom stereocenters. The molecule has 2 fully saturated rings. The summed E-state index contributed by atoms with van der Waals surface area (Å²) in [6.45, 7) is 4.57. The van der Waals surface area contributed by atoms with Crippen molar-refractivity contribution < 1.29 is 9.53 Å². The second-order valence-corrected chi connectivity index (χ2v) is 4.65. The highest BCUT2D eigenvalue weighted by Gasteiger charge is 2.27. The molecule has 0 saturated carbocycles. The Labute approximate surface area is 90.8 Å². The number of carbonyl (C=O) groups is 1. The van der Waals surface area contributed by atoms with Crippen LogP contribution in [0.5, 0.6) is 0 Å². The van der Waals surface area contributed by atoms with E-state index in [1.54, 1.807) is 0 Å². The maximum absolute atomic E-state index is 11.9. The van der Waals surface area contributed by atoms with E-state index in [1.165, 1.54) is 0 Å². The molecule has 0 bridgehead atoms. The molecule has 0 aromatic rings. The fraction of sp³-hybridized carbons (Fsp3) is 0.909. The molecule has 2 heterocycles. The SMILES string of the molecule is C[C@H]1C[C@@H](C(=O)NC2CCOC2)CCN1. The molecule has 0 aromatic heterocycles. The van der Waals surface area contributed by atoms with Crippen LogP contribution in [0.1, 0.15) is 26.2 Å². The van der Waals surface area contributed by atoms with Gasteiger partial charge in [-0.15, -0.1) is 0 Å². The molecule has 0 radical (unpaired) electrons. The van der Waals surface area contributed by atoms with Gasteiger partial charge in [-0.1, -0.05) is 0 Å². The standard InChI is InChI=1S/C11H20N2O2/c1-8-6-9(2-4-12-8)11(14)13-10-3-5-15-7-10/h8-10,12H,2-7H2,1H3,(H,13,14)/t8-,9-,10?/m0/s1. The number of carbonyl (C=O) groups excluding carboxylic acids is 1. The summed E-state index contributed by atoms with van der Waals surface area (Å²) >= 11 is 0. The van der Waals surface area contributed by atoms with Gasteiger partial charge >= 0.3 is 0 Å². The zero-order chi connectivity index (χ0) is 10.7. The number of hydrogen-bond acceptors (Lipinski definition) is 3. The molecule has 3 atom stereocenters. The topological polar surface area (TPSA) is 50.4 Å². The summed E-state index contributed by atoms with van der Waals surface area (Å²) in [7, 11) is 0. The van der Waals surface area contributed by atoms with Gasteiger partial charge in [0.2, 0.25) is 5.91 Å². The van der Waals surface area contributed by atoms with Crippen LogP contribution in [0.2, 0.25) is 0 Å². The minimum atomic E-state index is 0.196. The van der Waals surface area contributed by atoms with Crippen LogP contribution in [-0.4, -0.2) is 37.7 Å². The Bertz CT molecular complexity index is 227. The maximum Gasteiger partial charge on any atom is 0.223 e. The first-order chi connectivity index (χ1) is 7.25. The van der Waals surface area contributed by atoms with Gasteiger partial charge in [0, 0.05) is 18.6 Å². The Morgan fingerprint density at radius 3 is 3.00 bits per heavy atom. The van der Waals surface area contributed by atoms with Crippen LogP contribution in [-0.2, 0) is 9.53 Å². The molecule has 15 heavy (non-hydrogen) atoms. The molecule has 0 aromatic carbocycles. The number of ether oxygens (including phenoxy) is 1. The molecule has 0 spiro atoms. The third kappa shape index (κ3) is 2.92. The summed E-state index contributed by atoms with van der Waals surface area (Å²) < 4.78 is 5.24. The third-order valence-electron chi connectivity index (χ3n) is 3.27. The predicted octanol–water partition coefficient (Wildman–Crippen LogP) is 0.280. The molecule has 2 saturated heterocycles. The molecular weight excluding hydrogens is 192 g/mol. The highest BCUT2D eigenvalue weighted by atomic mass is 16.5. The fourth-order valence-corrected chi connectivity index (χ4v) is 2.34. The summed E-state index contributed by atoms with van der Waals surface area (Å²) in [5, 5.41) is 6.43. The monoisotopic (exact) mass is 212 g/mol. The number of nitrogens with one attached hydrogen (secondary N) is 2. The van der Waals surface area contributed by atoms with Gasteiger partial charge in [0.15, 0.2) is 0 Å². The number of hydrogen-bond donors (Lipinski definition) is 2. The quantitative estimate of drug-likeness (QED) is 0.691. The smallest absolute Gasteiger partial charge is 0.223 e. The van der Waals surface area contributed by atoms with Gasteiger partial charge in [0.05, 0.1) is 12.6 Å². The first-order valence-corrected chi connectivity index (χ1v) is 5.87. The van der Waals surface area contributed by atoms with Crippen molar-refractivity contribution in [1.82, 2.24) is 10.6 Å². The van der Waals surface area contributed by atoms with Gasteiger partial charge in [-0.05, 0) is 32.7 Å². The van der Waals surface area contributed by atoms with Crippen molar-refractivity contribution in [3.63, 3.8) is 0 Å². The van der Waals surface area contributed by atoms with Crippen molar-refractivity contribution in [3.05, 3.63) is 0 Å². The summed E-state index contributed by atoms with van der Waals surface area (Å²) in [6.07, 6.45) is 2.88. The van der Waals surface area contributed by atoms with Crippen molar-refractivity contribution >= 4 is 5.91 Å². The third-order valence-corrected chi connectivity index (χ3v) is 3.27. The number of piperidine rings is 1. The molecule has 2 N–H and O–H groups in total. The van der Waals surface area contributed by atoms with E-state index in [-0.39, 0.29) is 17.9 Å². The van der Waals surface area contributed by atoms with Crippen LogP contribution in [0, 0.1) is 5.92 Å². The maximum atomic E-state index is 11.9. The molecule has 2 aliphatic rings. The van der Waals surface area contributed by atoms with Crippen LogP contribution in [0.3, 0.4) is 0 Å².